The molecular weight excluding hydrogens is 811 g/mol. The second kappa shape index (κ2) is 17.2. The van der Waals surface area contributed by atoms with E-state index in [1.165, 1.54) is 76.3 Å². The van der Waals surface area contributed by atoms with Gasteiger partial charge in [0, 0.05) is 11.8 Å². The summed E-state index contributed by atoms with van der Waals surface area (Å²) in [5.41, 5.74) is 13.2. The zero-order valence-corrected chi connectivity index (χ0v) is 38.9. The van der Waals surface area contributed by atoms with Gasteiger partial charge in [-0.3, -0.25) is 0 Å². The second-order valence-corrected chi connectivity index (χ2v) is 25.2. The van der Waals surface area contributed by atoms with E-state index in [2.05, 4.69) is 139 Å². The van der Waals surface area contributed by atoms with Crippen LogP contribution in [-0.2, 0) is 20.8 Å². The van der Waals surface area contributed by atoms with Gasteiger partial charge in [-0.2, -0.15) is 0 Å². The number of allylic oxidation sites excluding steroid dienone is 8. The van der Waals surface area contributed by atoms with E-state index in [-0.39, 0.29) is 14.9 Å². The summed E-state index contributed by atoms with van der Waals surface area (Å²) in [5, 5.41) is 0. The topological polar surface area (TPSA) is 26.3 Å². The van der Waals surface area contributed by atoms with Crippen LogP contribution in [0.25, 0.3) is 11.1 Å². The van der Waals surface area contributed by atoms with Crippen LogP contribution in [0.1, 0.15) is 93.0 Å². The summed E-state index contributed by atoms with van der Waals surface area (Å²) in [5.74, 6) is 7.56. The first-order valence-corrected chi connectivity index (χ1v) is 28.6. The number of fused-ring (bicyclic) bond motifs is 2. The molecule has 0 amide bonds. The Hall–Kier alpha value is -2.36. The van der Waals surface area contributed by atoms with Gasteiger partial charge in [-0.1, -0.05) is 102 Å². The molecule has 2 aromatic heterocycles. The van der Waals surface area contributed by atoms with Crippen molar-refractivity contribution < 1.29 is 29.7 Å². The standard InChI is InChI=1S/C47H52O2Si.2CH3.2ClH.Zr/c1-28-24-38-36(44(32(28)5)34-14-9-7-10-15-34)26-40(42-20-18-30(3)48-42)46(38)50(22-13-23-50)47-39-25-29(2)33(6)45(35-16-11-8-12-17-35)37(39)27-41(47)43-21-19-31(4)49-43;;;;;/h7-12,14-21,24-25,36-41,46-47H,13,22-23,26-27H2,1-6H3;2*1H3;2*1H;/q;2*-1;;;+4/p-2. The van der Waals surface area contributed by atoms with Crippen LogP contribution in [0.2, 0.25) is 23.2 Å². The number of hydrogen-bond donors (Lipinski definition) is 0. The van der Waals surface area contributed by atoms with Crippen LogP contribution >= 0.6 is 17.0 Å². The van der Waals surface area contributed by atoms with Gasteiger partial charge < -0.3 is 23.7 Å². The fraction of sp³-hybridized carbons (Fsp3) is 0.388. The minimum atomic E-state index is -1.99. The van der Waals surface area contributed by atoms with Crippen LogP contribution in [0.4, 0.5) is 0 Å². The molecule has 1 saturated heterocycles. The number of furan rings is 2. The SMILES string of the molecule is CC1=CC2C(CC(c3ccc(C)o3)C2[Si]2(C3C(c4ccc(C)o4)CC4C(c5ccccc5)=C(C)C(C)=CC43)CCC2)C(c2ccccc2)=C1C.[CH3-].[CH3-].[Cl][Zr+2][Cl]. The van der Waals surface area contributed by atoms with E-state index in [1.807, 2.05) is 0 Å². The molecule has 2 saturated carbocycles. The van der Waals surface area contributed by atoms with Gasteiger partial charge >= 0.3 is 37.9 Å². The molecule has 8 unspecified atom stereocenters. The molecule has 0 spiro atoms. The molecule has 2 aromatic carbocycles. The van der Waals surface area contributed by atoms with Crippen molar-refractivity contribution in [2.24, 2.45) is 23.7 Å². The predicted octanol–water partition coefficient (Wildman–Crippen LogP) is 15.4. The Kier molecular flexibility index (Phi) is 13.2. The van der Waals surface area contributed by atoms with Crippen molar-refractivity contribution in [2.45, 2.75) is 95.8 Å². The Morgan fingerprint density at radius 1 is 0.545 bits per heavy atom. The van der Waals surface area contributed by atoms with Crippen LogP contribution < -0.4 is 0 Å². The zero-order valence-electron chi connectivity index (χ0n) is 34.0. The van der Waals surface area contributed by atoms with Crippen molar-refractivity contribution in [3.05, 3.63) is 168 Å². The van der Waals surface area contributed by atoms with Gasteiger partial charge in [-0.15, -0.1) is 0 Å². The molecule has 288 valence electrons. The number of benzene rings is 2. The van der Waals surface area contributed by atoms with Gasteiger partial charge in [0.15, 0.2) is 0 Å². The van der Waals surface area contributed by atoms with Crippen molar-refractivity contribution in [1.82, 2.24) is 0 Å². The van der Waals surface area contributed by atoms with Crippen molar-refractivity contribution in [2.75, 3.05) is 0 Å². The molecule has 9 rings (SSSR count). The van der Waals surface area contributed by atoms with Crippen molar-refractivity contribution in [1.29, 1.82) is 0 Å². The normalized spacial score (nSPS) is 28.9. The second-order valence-electron chi connectivity index (χ2n) is 16.7. The predicted molar refractivity (Wildman–Crippen MR) is 233 cm³/mol. The van der Waals surface area contributed by atoms with E-state index in [4.69, 9.17) is 25.9 Å². The van der Waals surface area contributed by atoms with Gasteiger partial charge in [-0.25, -0.2) is 0 Å². The Morgan fingerprint density at radius 2 is 0.927 bits per heavy atom. The molecule has 8 atom stereocenters. The maximum atomic E-state index is 6.70. The molecule has 3 fully saturated rings. The molecular formula is C49H58Cl2O2SiZr. The Labute approximate surface area is 351 Å². The first kappa shape index (κ1) is 42.3. The van der Waals surface area contributed by atoms with E-state index in [1.54, 1.807) is 11.1 Å². The number of rotatable bonds is 6. The van der Waals surface area contributed by atoms with Crippen molar-refractivity contribution >= 4 is 36.2 Å². The number of aryl methyl sites for hydroxylation is 2. The van der Waals surface area contributed by atoms with Gasteiger partial charge in [0.25, 0.3) is 0 Å². The van der Waals surface area contributed by atoms with E-state index >= 15 is 0 Å². The third kappa shape index (κ3) is 7.34. The molecule has 6 heteroatoms. The molecule has 3 heterocycles. The average molecular weight is 869 g/mol. The van der Waals surface area contributed by atoms with Crippen LogP contribution in [0, 0.1) is 52.4 Å². The zero-order chi connectivity index (χ0) is 37.0. The summed E-state index contributed by atoms with van der Waals surface area (Å²) >= 11 is -0.826. The molecule has 0 bridgehead atoms. The first-order chi connectivity index (χ1) is 25.7. The molecule has 0 radical (unpaired) electrons. The van der Waals surface area contributed by atoms with Crippen LogP contribution in [-0.4, -0.2) is 8.07 Å². The minimum absolute atomic E-state index is 0. The van der Waals surface area contributed by atoms with Gasteiger partial charge in [0.05, 0.1) is 8.07 Å². The Morgan fingerprint density at radius 3 is 1.24 bits per heavy atom. The van der Waals surface area contributed by atoms with Gasteiger partial charge in [0.2, 0.25) is 0 Å². The molecule has 55 heavy (non-hydrogen) atoms. The Balaban J connectivity index is 0.000000998. The third-order valence-corrected chi connectivity index (χ3v) is 21.1. The summed E-state index contributed by atoms with van der Waals surface area (Å²) < 4.78 is 13.4. The quantitative estimate of drug-likeness (QED) is 0.143. The molecule has 0 N–H and O–H groups in total. The van der Waals surface area contributed by atoms with Crippen LogP contribution in [0.15, 0.2) is 128 Å². The molecule has 1 aliphatic heterocycles. The molecule has 4 aromatic rings. The number of hydrogen-bond acceptors (Lipinski definition) is 2. The first-order valence-electron chi connectivity index (χ1n) is 19.7. The van der Waals surface area contributed by atoms with E-state index in [9.17, 15) is 0 Å². The summed E-state index contributed by atoms with van der Waals surface area (Å²) in [7, 11) is 7.88. The maximum absolute atomic E-state index is 6.70. The fourth-order valence-corrected chi connectivity index (χ4v) is 19.4. The number of halogens is 2. The molecule has 2 nitrogen and oxygen atoms in total. The summed E-state index contributed by atoms with van der Waals surface area (Å²) in [6.07, 6.45) is 9.22. The van der Waals surface area contributed by atoms with Crippen LogP contribution in [0.5, 0.6) is 0 Å². The average Bonchev–Trinajstić information content (AvgIpc) is 3.93. The molecule has 5 aliphatic rings. The van der Waals surface area contributed by atoms with E-state index < -0.39 is 28.9 Å². The summed E-state index contributed by atoms with van der Waals surface area (Å²) in [6, 6.07) is 34.6. The van der Waals surface area contributed by atoms with Crippen LogP contribution in [0.3, 0.4) is 0 Å². The van der Waals surface area contributed by atoms with E-state index in [0.29, 0.717) is 46.6 Å². The summed E-state index contributed by atoms with van der Waals surface area (Å²) in [4.78, 5) is 0. The van der Waals surface area contributed by atoms with Gasteiger partial charge in [0.1, 0.15) is 23.0 Å². The summed E-state index contributed by atoms with van der Waals surface area (Å²) in [6.45, 7) is 13.8. The van der Waals surface area contributed by atoms with Crippen molar-refractivity contribution in [3.8, 4) is 0 Å². The fourth-order valence-electron chi connectivity index (χ4n) is 12.1. The van der Waals surface area contributed by atoms with Crippen molar-refractivity contribution in [3.63, 3.8) is 0 Å². The van der Waals surface area contributed by atoms with Gasteiger partial charge in [-0.05, 0) is 147 Å². The van der Waals surface area contributed by atoms with E-state index in [0.717, 1.165) is 11.5 Å². The molecule has 4 aliphatic carbocycles. The monoisotopic (exact) mass is 866 g/mol. The third-order valence-electron chi connectivity index (χ3n) is 14.3. The Bertz CT molecular complexity index is 1940.